The summed E-state index contributed by atoms with van der Waals surface area (Å²) in [6, 6.07) is 5.58. The van der Waals surface area contributed by atoms with Crippen LogP contribution >= 0.6 is 0 Å². The number of amides is 1. The Morgan fingerprint density at radius 1 is 1.16 bits per heavy atom. The minimum absolute atomic E-state index is 0.0701. The lowest BCUT2D eigenvalue weighted by molar-refractivity contribution is -0.132. The molecular formula is C18H29N3O3S. The third-order valence-electron chi connectivity index (χ3n) is 4.81. The number of sulfonamides is 1. The number of carbonyl (C=O) groups excluding carboxylic acids is 1. The molecule has 140 valence electrons. The summed E-state index contributed by atoms with van der Waals surface area (Å²) in [4.78, 5) is 16.3. The molecule has 2 rings (SSSR count). The topological polar surface area (TPSA) is 60.9 Å². The second-order valence-electron chi connectivity index (χ2n) is 7.05. The molecule has 0 bridgehead atoms. The van der Waals surface area contributed by atoms with Crippen molar-refractivity contribution in [1.29, 1.82) is 0 Å². The lowest BCUT2D eigenvalue weighted by Gasteiger charge is -2.35. The molecule has 1 heterocycles. The fraction of sp³-hybridized carbons (Fsp3) is 0.611. The van der Waals surface area contributed by atoms with Gasteiger partial charge in [0.1, 0.15) is 0 Å². The summed E-state index contributed by atoms with van der Waals surface area (Å²) in [6.45, 7) is 10.0. The molecule has 1 aromatic carbocycles. The Morgan fingerprint density at radius 2 is 1.76 bits per heavy atom. The standard InChI is InChI=1S/C18H29N3O3S/c1-14(2)19(5)18(22)13-20-8-10-21(11-9-20)25(23,24)17-7-6-15(3)12-16(17)4/h6-7,12,14H,8-11,13H2,1-5H3. The average Bonchev–Trinajstić information content (AvgIpc) is 2.54. The highest BCUT2D eigenvalue weighted by atomic mass is 32.2. The summed E-state index contributed by atoms with van der Waals surface area (Å²) in [5.74, 6) is 0.0701. The largest absolute Gasteiger partial charge is 0.342 e. The smallest absolute Gasteiger partial charge is 0.243 e. The van der Waals surface area contributed by atoms with Crippen LogP contribution in [0.25, 0.3) is 0 Å². The predicted octanol–water partition coefficient (Wildman–Crippen LogP) is 1.48. The Hall–Kier alpha value is -1.44. The van der Waals surface area contributed by atoms with Crippen LogP contribution in [0.3, 0.4) is 0 Å². The van der Waals surface area contributed by atoms with E-state index in [0.29, 0.717) is 37.6 Å². The van der Waals surface area contributed by atoms with Gasteiger partial charge in [-0.25, -0.2) is 8.42 Å². The fourth-order valence-electron chi connectivity index (χ4n) is 2.95. The molecular weight excluding hydrogens is 338 g/mol. The summed E-state index contributed by atoms with van der Waals surface area (Å²) >= 11 is 0. The van der Waals surface area contributed by atoms with Gasteiger partial charge in [-0.3, -0.25) is 9.69 Å². The first kappa shape index (κ1) is 19.9. The van der Waals surface area contributed by atoms with Crippen molar-refractivity contribution in [3.63, 3.8) is 0 Å². The molecule has 1 aromatic rings. The highest BCUT2D eigenvalue weighted by molar-refractivity contribution is 7.89. The maximum atomic E-state index is 12.9. The van der Waals surface area contributed by atoms with Gasteiger partial charge in [-0.05, 0) is 39.3 Å². The number of rotatable bonds is 5. The van der Waals surface area contributed by atoms with Crippen LogP contribution in [0.2, 0.25) is 0 Å². The zero-order valence-corrected chi connectivity index (χ0v) is 16.6. The van der Waals surface area contributed by atoms with Crippen molar-refractivity contribution in [3.8, 4) is 0 Å². The predicted molar refractivity (Wildman–Crippen MR) is 99.0 cm³/mol. The van der Waals surface area contributed by atoms with E-state index in [0.717, 1.165) is 11.1 Å². The SMILES string of the molecule is Cc1ccc(S(=O)(=O)N2CCN(CC(=O)N(C)C(C)C)CC2)c(C)c1. The third kappa shape index (κ3) is 4.59. The number of carbonyl (C=O) groups is 1. The van der Waals surface area contributed by atoms with Crippen LogP contribution in [0.5, 0.6) is 0 Å². The molecule has 0 radical (unpaired) electrons. The van der Waals surface area contributed by atoms with Crippen molar-refractivity contribution in [1.82, 2.24) is 14.1 Å². The molecule has 0 atom stereocenters. The minimum atomic E-state index is -3.48. The molecule has 1 aliphatic rings. The summed E-state index contributed by atoms with van der Waals surface area (Å²) in [6.07, 6.45) is 0. The summed E-state index contributed by atoms with van der Waals surface area (Å²) < 4.78 is 27.3. The van der Waals surface area contributed by atoms with Gasteiger partial charge in [-0.2, -0.15) is 4.31 Å². The van der Waals surface area contributed by atoms with Gasteiger partial charge < -0.3 is 4.90 Å². The number of hydrogen-bond acceptors (Lipinski definition) is 4. The molecule has 6 nitrogen and oxygen atoms in total. The van der Waals surface area contributed by atoms with Gasteiger partial charge in [0, 0.05) is 39.3 Å². The summed E-state index contributed by atoms with van der Waals surface area (Å²) in [5, 5.41) is 0. The van der Waals surface area contributed by atoms with Crippen molar-refractivity contribution >= 4 is 15.9 Å². The van der Waals surface area contributed by atoms with E-state index in [1.165, 1.54) is 4.31 Å². The number of likely N-dealkylation sites (N-methyl/N-ethyl adjacent to an activating group) is 1. The van der Waals surface area contributed by atoms with Crippen molar-refractivity contribution in [3.05, 3.63) is 29.3 Å². The first-order valence-corrected chi connectivity index (χ1v) is 10.1. The van der Waals surface area contributed by atoms with Crippen LogP contribution in [0, 0.1) is 13.8 Å². The van der Waals surface area contributed by atoms with Crippen LogP contribution in [-0.2, 0) is 14.8 Å². The molecule has 0 N–H and O–H groups in total. The van der Waals surface area contributed by atoms with Gasteiger partial charge in [-0.15, -0.1) is 0 Å². The number of piperazine rings is 1. The van der Waals surface area contributed by atoms with Gasteiger partial charge >= 0.3 is 0 Å². The highest BCUT2D eigenvalue weighted by Crippen LogP contribution is 2.22. The van der Waals surface area contributed by atoms with Crippen LogP contribution in [-0.4, -0.2) is 74.2 Å². The zero-order valence-electron chi connectivity index (χ0n) is 15.8. The molecule has 0 saturated carbocycles. The summed E-state index contributed by atoms with van der Waals surface area (Å²) in [5.41, 5.74) is 1.82. The Morgan fingerprint density at radius 3 is 2.28 bits per heavy atom. The molecule has 7 heteroatoms. The van der Waals surface area contributed by atoms with E-state index < -0.39 is 10.0 Å². The number of hydrogen-bond donors (Lipinski definition) is 0. The van der Waals surface area contributed by atoms with E-state index in [9.17, 15) is 13.2 Å². The second-order valence-corrected chi connectivity index (χ2v) is 8.95. The first-order valence-electron chi connectivity index (χ1n) is 8.68. The first-order chi connectivity index (χ1) is 11.6. The second kappa shape index (κ2) is 7.85. The molecule has 1 saturated heterocycles. The van der Waals surface area contributed by atoms with Crippen LogP contribution in [0.15, 0.2) is 23.1 Å². The van der Waals surface area contributed by atoms with Crippen LogP contribution < -0.4 is 0 Å². The quantitative estimate of drug-likeness (QED) is 0.791. The molecule has 1 amide bonds. The van der Waals surface area contributed by atoms with Gasteiger partial charge in [0.25, 0.3) is 0 Å². The lowest BCUT2D eigenvalue weighted by atomic mass is 10.2. The Labute approximate surface area is 151 Å². The zero-order chi connectivity index (χ0) is 18.8. The normalized spacial score (nSPS) is 17.0. The maximum Gasteiger partial charge on any atom is 0.243 e. The fourth-order valence-corrected chi connectivity index (χ4v) is 4.57. The van der Waals surface area contributed by atoms with Gasteiger partial charge in [0.2, 0.25) is 15.9 Å². The van der Waals surface area contributed by atoms with Gasteiger partial charge in [0.05, 0.1) is 11.4 Å². The van der Waals surface area contributed by atoms with Crippen LogP contribution in [0.4, 0.5) is 0 Å². The van der Waals surface area contributed by atoms with Gasteiger partial charge in [0.15, 0.2) is 0 Å². The minimum Gasteiger partial charge on any atom is -0.342 e. The molecule has 25 heavy (non-hydrogen) atoms. The highest BCUT2D eigenvalue weighted by Gasteiger charge is 2.30. The maximum absolute atomic E-state index is 12.9. The van der Waals surface area contributed by atoms with E-state index >= 15 is 0 Å². The van der Waals surface area contributed by atoms with E-state index in [-0.39, 0.29) is 11.9 Å². The number of benzene rings is 1. The monoisotopic (exact) mass is 367 g/mol. The number of nitrogens with zero attached hydrogens (tertiary/aromatic N) is 3. The lowest BCUT2D eigenvalue weighted by Crippen LogP contribution is -2.51. The molecule has 0 unspecified atom stereocenters. The van der Waals surface area contributed by atoms with E-state index in [1.54, 1.807) is 18.0 Å². The van der Waals surface area contributed by atoms with Crippen LogP contribution in [0.1, 0.15) is 25.0 Å². The number of aryl methyl sites for hydroxylation is 2. The van der Waals surface area contributed by atoms with E-state index in [4.69, 9.17) is 0 Å². The summed E-state index contributed by atoms with van der Waals surface area (Å²) in [7, 11) is -1.68. The third-order valence-corrected chi connectivity index (χ3v) is 6.87. The molecule has 1 aliphatic heterocycles. The average molecular weight is 368 g/mol. The van der Waals surface area contributed by atoms with E-state index in [1.807, 2.05) is 44.7 Å². The molecule has 0 spiro atoms. The van der Waals surface area contributed by atoms with Crippen molar-refractivity contribution < 1.29 is 13.2 Å². The molecule has 1 fully saturated rings. The van der Waals surface area contributed by atoms with Gasteiger partial charge in [-0.1, -0.05) is 17.7 Å². The van der Waals surface area contributed by atoms with E-state index in [2.05, 4.69) is 0 Å². The van der Waals surface area contributed by atoms with Crippen molar-refractivity contribution in [2.45, 2.75) is 38.6 Å². The molecule has 0 aliphatic carbocycles. The Bertz CT molecular complexity index is 723. The van der Waals surface area contributed by atoms with Crippen molar-refractivity contribution in [2.75, 3.05) is 39.8 Å². The molecule has 0 aromatic heterocycles. The Kier molecular flexibility index (Phi) is 6.24. The Balaban J connectivity index is 2.00. The van der Waals surface area contributed by atoms with Crippen molar-refractivity contribution in [2.24, 2.45) is 0 Å².